The monoisotopic (exact) mass is 247 g/mol. The third kappa shape index (κ3) is 8.21. The van der Waals surface area contributed by atoms with E-state index in [1.54, 1.807) is 20.8 Å². The van der Waals surface area contributed by atoms with Crippen LogP contribution < -0.4 is 5.32 Å². The second-order valence-electron chi connectivity index (χ2n) is 4.46. The van der Waals surface area contributed by atoms with E-state index in [9.17, 15) is 14.4 Å². The maximum atomic E-state index is 11.3. The second kappa shape index (κ2) is 6.19. The van der Waals surface area contributed by atoms with Crippen molar-refractivity contribution >= 4 is 17.8 Å². The fourth-order valence-electron chi connectivity index (χ4n) is 0.893. The number of rotatable bonds is 6. The first-order valence-electron chi connectivity index (χ1n) is 5.00. The fraction of sp³-hybridized carbons (Fsp3) is 0.700. The van der Waals surface area contributed by atoms with Crippen molar-refractivity contribution in [3.63, 3.8) is 0 Å². The topological polar surface area (TPSA) is 113 Å². The molecule has 3 N–H and O–H groups in total. The molecule has 0 unspecified atom stereocenters. The summed E-state index contributed by atoms with van der Waals surface area (Å²) in [5, 5.41) is 19.2. The van der Waals surface area contributed by atoms with Crippen LogP contribution >= 0.6 is 0 Å². The third-order valence-corrected chi connectivity index (χ3v) is 1.65. The number of carboxylic acid groups (broad SMARTS) is 2. The first-order chi connectivity index (χ1) is 7.61. The summed E-state index contributed by atoms with van der Waals surface area (Å²) in [6.45, 7) is 4.91. The summed E-state index contributed by atoms with van der Waals surface area (Å²) < 4.78 is 5.12. The molecular formula is C10H17NO6. The first-order valence-corrected chi connectivity index (χ1v) is 5.00. The number of carbonyl (C=O) groups excluding carboxylic acids is 1. The van der Waals surface area contributed by atoms with Crippen molar-refractivity contribution in [1.29, 1.82) is 0 Å². The molecule has 0 aliphatic carbocycles. The van der Waals surface area contributed by atoms with E-state index in [1.165, 1.54) is 0 Å². The van der Waals surface area contributed by atoms with Gasteiger partial charge in [0.2, 0.25) is 5.91 Å². The van der Waals surface area contributed by atoms with Crippen LogP contribution in [0.2, 0.25) is 0 Å². The van der Waals surface area contributed by atoms with E-state index in [4.69, 9.17) is 14.9 Å². The molecule has 0 aromatic carbocycles. The Morgan fingerprint density at radius 1 is 1.24 bits per heavy atom. The predicted octanol–water partition coefficient (Wildman–Crippen LogP) is -0.154. The molecule has 0 aliphatic heterocycles. The van der Waals surface area contributed by atoms with E-state index in [0.29, 0.717) is 0 Å². The Kier molecular flexibility index (Phi) is 5.60. The highest BCUT2D eigenvalue weighted by molar-refractivity contribution is 5.87. The van der Waals surface area contributed by atoms with Crippen LogP contribution in [0.25, 0.3) is 0 Å². The highest BCUT2D eigenvalue weighted by atomic mass is 16.5. The van der Waals surface area contributed by atoms with Gasteiger partial charge in [0, 0.05) is 0 Å². The maximum Gasteiger partial charge on any atom is 0.326 e. The highest BCUT2D eigenvalue weighted by Gasteiger charge is 2.23. The van der Waals surface area contributed by atoms with Gasteiger partial charge in [-0.1, -0.05) is 0 Å². The maximum absolute atomic E-state index is 11.3. The summed E-state index contributed by atoms with van der Waals surface area (Å²) in [7, 11) is 0. The van der Waals surface area contributed by atoms with Gasteiger partial charge in [0.15, 0.2) is 0 Å². The molecule has 0 bridgehead atoms. The molecule has 1 atom stereocenters. The van der Waals surface area contributed by atoms with Gasteiger partial charge in [0.05, 0.1) is 12.0 Å². The van der Waals surface area contributed by atoms with Gasteiger partial charge in [0.25, 0.3) is 0 Å². The van der Waals surface area contributed by atoms with E-state index < -0.39 is 35.9 Å². The number of hydrogen-bond donors (Lipinski definition) is 3. The molecule has 1 amide bonds. The van der Waals surface area contributed by atoms with Gasteiger partial charge in [-0.25, -0.2) is 4.79 Å². The molecule has 7 heteroatoms. The van der Waals surface area contributed by atoms with Crippen LogP contribution in [-0.4, -0.2) is 46.3 Å². The summed E-state index contributed by atoms with van der Waals surface area (Å²) >= 11 is 0. The van der Waals surface area contributed by atoms with E-state index >= 15 is 0 Å². The van der Waals surface area contributed by atoms with Crippen molar-refractivity contribution in [1.82, 2.24) is 5.32 Å². The van der Waals surface area contributed by atoms with Crippen molar-refractivity contribution in [2.75, 3.05) is 6.61 Å². The molecule has 0 saturated heterocycles. The number of carbonyl (C=O) groups is 3. The molecule has 7 nitrogen and oxygen atoms in total. The van der Waals surface area contributed by atoms with Crippen LogP contribution in [-0.2, 0) is 19.1 Å². The smallest absolute Gasteiger partial charge is 0.326 e. The van der Waals surface area contributed by atoms with E-state index in [1.807, 2.05) is 0 Å². The van der Waals surface area contributed by atoms with Crippen LogP contribution in [0.15, 0.2) is 0 Å². The normalized spacial score (nSPS) is 12.9. The quantitative estimate of drug-likeness (QED) is 0.601. The lowest BCUT2D eigenvalue weighted by atomic mass is 10.2. The molecule has 0 fully saturated rings. The number of hydrogen-bond acceptors (Lipinski definition) is 4. The van der Waals surface area contributed by atoms with Gasteiger partial charge >= 0.3 is 11.9 Å². The van der Waals surface area contributed by atoms with Crippen molar-refractivity contribution in [2.45, 2.75) is 38.8 Å². The van der Waals surface area contributed by atoms with E-state index in [-0.39, 0.29) is 6.61 Å². The largest absolute Gasteiger partial charge is 0.481 e. The van der Waals surface area contributed by atoms with Gasteiger partial charge in [-0.3, -0.25) is 9.59 Å². The minimum atomic E-state index is -1.44. The highest BCUT2D eigenvalue weighted by Crippen LogP contribution is 2.05. The van der Waals surface area contributed by atoms with Crippen LogP contribution in [0.1, 0.15) is 27.2 Å². The summed E-state index contributed by atoms with van der Waals surface area (Å²) in [4.78, 5) is 32.3. The zero-order valence-electron chi connectivity index (χ0n) is 10.0. The summed E-state index contributed by atoms with van der Waals surface area (Å²) in [6.07, 6.45) is -0.670. The zero-order chi connectivity index (χ0) is 13.6. The van der Waals surface area contributed by atoms with Crippen LogP contribution in [0, 0.1) is 0 Å². The Balaban J connectivity index is 4.22. The molecule has 0 aromatic rings. The van der Waals surface area contributed by atoms with Gasteiger partial charge in [-0.05, 0) is 20.8 Å². The Morgan fingerprint density at radius 2 is 1.76 bits per heavy atom. The van der Waals surface area contributed by atoms with Crippen LogP contribution in [0.3, 0.4) is 0 Å². The Labute approximate surface area is 98.8 Å². The summed E-state index contributed by atoms with van der Waals surface area (Å²) in [5.74, 6) is -3.35. The molecule has 0 heterocycles. The van der Waals surface area contributed by atoms with Gasteiger partial charge < -0.3 is 20.3 Å². The molecule has 0 saturated carbocycles. The minimum absolute atomic E-state index is 0.313. The number of amides is 1. The van der Waals surface area contributed by atoms with E-state index in [0.717, 1.165) is 0 Å². The molecule has 98 valence electrons. The third-order valence-electron chi connectivity index (χ3n) is 1.65. The minimum Gasteiger partial charge on any atom is -0.481 e. The number of aliphatic carboxylic acids is 2. The molecule has 0 aliphatic rings. The lowest BCUT2D eigenvalue weighted by Crippen LogP contribution is -2.44. The summed E-state index contributed by atoms with van der Waals surface area (Å²) in [6, 6.07) is -1.44. The summed E-state index contributed by atoms with van der Waals surface area (Å²) in [5.41, 5.74) is -0.525. The van der Waals surface area contributed by atoms with E-state index in [2.05, 4.69) is 5.32 Å². The Hall–Kier alpha value is -1.63. The SMILES string of the molecule is CC(C)(C)OCC(=O)N[C@H](CC(=O)O)C(=O)O. The lowest BCUT2D eigenvalue weighted by molar-refractivity contribution is -0.148. The van der Waals surface area contributed by atoms with Crippen LogP contribution in [0.4, 0.5) is 0 Å². The molecular weight excluding hydrogens is 230 g/mol. The molecule has 0 spiro atoms. The van der Waals surface area contributed by atoms with Crippen LogP contribution in [0.5, 0.6) is 0 Å². The van der Waals surface area contributed by atoms with Gasteiger partial charge in [0.1, 0.15) is 12.6 Å². The molecule has 0 radical (unpaired) electrons. The Morgan fingerprint density at radius 3 is 2.12 bits per heavy atom. The average molecular weight is 247 g/mol. The zero-order valence-corrected chi connectivity index (χ0v) is 10.0. The van der Waals surface area contributed by atoms with Crippen molar-refractivity contribution in [3.05, 3.63) is 0 Å². The predicted molar refractivity (Wildman–Crippen MR) is 57.5 cm³/mol. The number of ether oxygens (including phenoxy) is 1. The molecule has 0 aromatic heterocycles. The molecule has 17 heavy (non-hydrogen) atoms. The van der Waals surface area contributed by atoms with Gasteiger partial charge in [-0.15, -0.1) is 0 Å². The van der Waals surface area contributed by atoms with Crippen molar-refractivity contribution in [2.24, 2.45) is 0 Å². The first kappa shape index (κ1) is 15.4. The Bertz CT molecular complexity index is 306. The number of nitrogens with one attached hydrogen (secondary N) is 1. The molecule has 0 rings (SSSR count). The fourth-order valence-corrected chi connectivity index (χ4v) is 0.893. The van der Waals surface area contributed by atoms with Crippen molar-refractivity contribution < 1.29 is 29.3 Å². The van der Waals surface area contributed by atoms with Gasteiger partial charge in [-0.2, -0.15) is 0 Å². The standard InChI is InChI=1S/C10H17NO6/c1-10(2,3)17-5-7(12)11-6(9(15)16)4-8(13)14/h6H,4-5H2,1-3H3,(H,11,12)(H,13,14)(H,15,16)/t6-/m1/s1. The number of carboxylic acids is 2. The second-order valence-corrected chi connectivity index (χ2v) is 4.46. The van der Waals surface area contributed by atoms with Crippen molar-refractivity contribution in [3.8, 4) is 0 Å². The average Bonchev–Trinajstić information content (AvgIpc) is 2.11. The lowest BCUT2D eigenvalue weighted by Gasteiger charge is -2.20.